The monoisotopic (exact) mass is 289 g/mol. The van der Waals surface area contributed by atoms with Gasteiger partial charge in [-0.25, -0.2) is 0 Å². The lowest BCUT2D eigenvalue weighted by atomic mass is 9.87. The minimum absolute atomic E-state index is 0.182. The molecule has 0 amide bonds. The smallest absolute Gasteiger partial charge is 0.0953 e. The van der Waals surface area contributed by atoms with Gasteiger partial charge in [0.15, 0.2) is 0 Å². The molecular weight excluding hydrogens is 258 g/mol. The highest BCUT2D eigenvalue weighted by molar-refractivity contribution is 5.24. The van der Waals surface area contributed by atoms with Gasteiger partial charge in [-0.3, -0.25) is 0 Å². The average Bonchev–Trinajstić information content (AvgIpc) is 2.48. The maximum Gasteiger partial charge on any atom is 0.0953 e. The first-order chi connectivity index (χ1) is 10.2. The van der Waals surface area contributed by atoms with Crippen molar-refractivity contribution in [1.29, 1.82) is 0 Å². The maximum atomic E-state index is 6.53. The van der Waals surface area contributed by atoms with Crippen LogP contribution in [0.1, 0.15) is 63.2 Å². The predicted molar refractivity (Wildman–Crippen MR) is 89.6 cm³/mol. The predicted octanol–water partition coefficient (Wildman–Crippen LogP) is 4.63. The van der Waals surface area contributed by atoms with Gasteiger partial charge in [-0.2, -0.15) is 0 Å². The summed E-state index contributed by atoms with van der Waals surface area (Å²) in [5.74, 6) is 0.692. The molecule has 3 unspecified atom stereocenters. The Morgan fingerprint density at radius 3 is 2.81 bits per heavy atom. The Morgan fingerprint density at radius 2 is 2.10 bits per heavy atom. The molecule has 2 nitrogen and oxygen atoms in total. The van der Waals surface area contributed by atoms with Crippen LogP contribution in [-0.2, 0) is 4.74 Å². The molecule has 1 aliphatic rings. The van der Waals surface area contributed by atoms with Crippen LogP contribution in [0.25, 0.3) is 0 Å². The molecule has 118 valence electrons. The number of aryl methyl sites for hydroxylation is 1. The van der Waals surface area contributed by atoms with Crippen LogP contribution in [0.3, 0.4) is 0 Å². The first-order valence-electron chi connectivity index (χ1n) is 8.63. The third-order valence-corrected chi connectivity index (χ3v) is 4.54. The molecule has 1 aromatic carbocycles. The van der Waals surface area contributed by atoms with E-state index in [1.807, 2.05) is 0 Å². The van der Waals surface area contributed by atoms with Gasteiger partial charge in [-0.05, 0) is 44.2 Å². The fourth-order valence-electron chi connectivity index (χ4n) is 3.22. The quantitative estimate of drug-likeness (QED) is 0.739. The SMILES string of the molecule is CCCNCC(OC1CCCCC1C)c1cccc(C)c1. The summed E-state index contributed by atoms with van der Waals surface area (Å²) in [5, 5.41) is 3.53. The van der Waals surface area contributed by atoms with Crippen LogP contribution >= 0.6 is 0 Å². The van der Waals surface area contributed by atoms with Crippen LogP contribution in [0.15, 0.2) is 24.3 Å². The summed E-state index contributed by atoms with van der Waals surface area (Å²) >= 11 is 0. The van der Waals surface area contributed by atoms with Crippen LogP contribution in [0.2, 0.25) is 0 Å². The fraction of sp³-hybridized carbons (Fsp3) is 0.684. The lowest BCUT2D eigenvalue weighted by molar-refractivity contribution is -0.0563. The van der Waals surface area contributed by atoms with Crippen molar-refractivity contribution in [2.75, 3.05) is 13.1 Å². The van der Waals surface area contributed by atoms with E-state index >= 15 is 0 Å². The molecule has 1 fully saturated rings. The highest BCUT2D eigenvalue weighted by atomic mass is 16.5. The zero-order chi connectivity index (χ0) is 15.1. The molecule has 0 saturated heterocycles. The number of benzene rings is 1. The Morgan fingerprint density at radius 1 is 1.29 bits per heavy atom. The summed E-state index contributed by atoms with van der Waals surface area (Å²) in [6.45, 7) is 8.69. The fourth-order valence-corrected chi connectivity index (χ4v) is 3.22. The van der Waals surface area contributed by atoms with E-state index in [-0.39, 0.29) is 6.10 Å². The third-order valence-electron chi connectivity index (χ3n) is 4.54. The van der Waals surface area contributed by atoms with Crippen LogP contribution in [0.4, 0.5) is 0 Å². The lowest BCUT2D eigenvalue weighted by Crippen LogP contribution is -2.32. The minimum Gasteiger partial charge on any atom is -0.369 e. The van der Waals surface area contributed by atoms with Gasteiger partial charge < -0.3 is 10.1 Å². The van der Waals surface area contributed by atoms with Crippen molar-refractivity contribution in [2.45, 2.75) is 65.1 Å². The number of rotatable bonds is 7. The van der Waals surface area contributed by atoms with E-state index in [4.69, 9.17) is 4.74 Å². The molecule has 3 atom stereocenters. The summed E-state index contributed by atoms with van der Waals surface area (Å²) in [6.07, 6.45) is 6.99. The number of hydrogen-bond acceptors (Lipinski definition) is 2. The van der Waals surface area contributed by atoms with Gasteiger partial charge in [0, 0.05) is 6.54 Å². The van der Waals surface area contributed by atoms with Crippen molar-refractivity contribution in [2.24, 2.45) is 5.92 Å². The Balaban J connectivity index is 2.04. The van der Waals surface area contributed by atoms with Gasteiger partial charge in [0.2, 0.25) is 0 Å². The van der Waals surface area contributed by atoms with Gasteiger partial charge in [-0.15, -0.1) is 0 Å². The van der Waals surface area contributed by atoms with E-state index in [1.54, 1.807) is 0 Å². The van der Waals surface area contributed by atoms with Gasteiger partial charge in [0.1, 0.15) is 0 Å². The second-order valence-corrected chi connectivity index (χ2v) is 6.54. The van der Waals surface area contributed by atoms with Gasteiger partial charge in [0.25, 0.3) is 0 Å². The second-order valence-electron chi connectivity index (χ2n) is 6.54. The Labute approximate surface area is 130 Å². The molecule has 1 aliphatic carbocycles. The van der Waals surface area contributed by atoms with E-state index in [9.17, 15) is 0 Å². The minimum atomic E-state index is 0.182. The summed E-state index contributed by atoms with van der Waals surface area (Å²) in [6, 6.07) is 8.78. The summed E-state index contributed by atoms with van der Waals surface area (Å²) in [5.41, 5.74) is 2.63. The van der Waals surface area contributed by atoms with E-state index < -0.39 is 0 Å². The Kier molecular flexibility index (Phi) is 6.72. The van der Waals surface area contributed by atoms with Crippen molar-refractivity contribution >= 4 is 0 Å². The van der Waals surface area contributed by atoms with Gasteiger partial charge in [0.05, 0.1) is 12.2 Å². The van der Waals surface area contributed by atoms with Crippen LogP contribution in [-0.4, -0.2) is 19.2 Å². The second kappa shape index (κ2) is 8.55. The normalized spacial score (nSPS) is 24.0. The Hall–Kier alpha value is -0.860. The maximum absolute atomic E-state index is 6.53. The van der Waals surface area contributed by atoms with Crippen LogP contribution in [0, 0.1) is 12.8 Å². The van der Waals surface area contributed by atoms with E-state index in [2.05, 4.69) is 50.4 Å². The zero-order valence-corrected chi connectivity index (χ0v) is 13.9. The largest absolute Gasteiger partial charge is 0.369 e. The van der Waals surface area contributed by atoms with E-state index in [0.717, 1.165) is 13.1 Å². The molecule has 0 aliphatic heterocycles. The highest BCUT2D eigenvalue weighted by Gasteiger charge is 2.25. The van der Waals surface area contributed by atoms with Gasteiger partial charge >= 0.3 is 0 Å². The first-order valence-corrected chi connectivity index (χ1v) is 8.63. The summed E-state index contributed by atoms with van der Waals surface area (Å²) in [7, 11) is 0. The van der Waals surface area contributed by atoms with Crippen LogP contribution in [0.5, 0.6) is 0 Å². The number of hydrogen-bond donors (Lipinski definition) is 1. The number of ether oxygens (including phenoxy) is 1. The van der Waals surface area contributed by atoms with Crippen molar-refractivity contribution in [3.05, 3.63) is 35.4 Å². The van der Waals surface area contributed by atoms with Crippen molar-refractivity contribution in [1.82, 2.24) is 5.32 Å². The molecule has 0 bridgehead atoms. The van der Waals surface area contributed by atoms with E-state index in [1.165, 1.54) is 43.2 Å². The molecule has 0 spiro atoms. The van der Waals surface area contributed by atoms with Crippen molar-refractivity contribution in [3.63, 3.8) is 0 Å². The highest BCUT2D eigenvalue weighted by Crippen LogP contribution is 2.31. The topological polar surface area (TPSA) is 21.3 Å². The molecule has 0 heterocycles. The van der Waals surface area contributed by atoms with Crippen LogP contribution < -0.4 is 5.32 Å². The van der Waals surface area contributed by atoms with Crippen molar-refractivity contribution in [3.8, 4) is 0 Å². The van der Waals surface area contributed by atoms with E-state index in [0.29, 0.717) is 12.0 Å². The van der Waals surface area contributed by atoms with Crippen molar-refractivity contribution < 1.29 is 4.74 Å². The molecule has 0 aromatic heterocycles. The molecule has 0 radical (unpaired) electrons. The standard InChI is InChI=1S/C19H31NO/c1-4-12-20-14-19(17-10-7-8-15(2)13-17)21-18-11-6-5-9-16(18)3/h7-8,10,13,16,18-20H,4-6,9,11-12,14H2,1-3H3. The first kappa shape index (κ1) is 16.5. The molecule has 1 aromatic rings. The third kappa shape index (κ3) is 5.12. The molecule has 2 rings (SSSR count). The molecular formula is C19H31NO. The lowest BCUT2D eigenvalue weighted by Gasteiger charge is -2.33. The summed E-state index contributed by atoms with van der Waals surface area (Å²) in [4.78, 5) is 0. The molecule has 1 saturated carbocycles. The molecule has 1 N–H and O–H groups in total. The van der Waals surface area contributed by atoms with Gasteiger partial charge in [-0.1, -0.05) is 56.5 Å². The Bertz CT molecular complexity index is 418. The zero-order valence-electron chi connectivity index (χ0n) is 13.9. The molecule has 21 heavy (non-hydrogen) atoms. The number of nitrogens with one attached hydrogen (secondary N) is 1. The molecule has 2 heteroatoms. The summed E-state index contributed by atoms with van der Waals surface area (Å²) < 4.78 is 6.53. The average molecular weight is 289 g/mol.